The van der Waals surface area contributed by atoms with Gasteiger partial charge in [0.15, 0.2) is 0 Å². The van der Waals surface area contributed by atoms with Crippen LogP contribution in [0.25, 0.3) is 0 Å². The highest BCUT2D eigenvalue weighted by Crippen LogP contribution is 2.24. The fraction of sp³-hybridized carbons (Fsp3) is 0.300. The number of anilines is 1. The molecule has 0 N–H and O–H groups in total. The van der Waals surface area contributed by atoms with Crippen molar-refractivity contribution in [2.75, 3.05) is 25.6 Å². The van der Waals surface area contributed by atoms with Gasteiger partial charge in [0, 0.05) is 22.8 Å². The van der Waals surface area contributed by atoms with Gasteiger partial charge in [0.2, 0.25) is 0 Å². The van der Waals surface area contributed by atoms with Crippen LogP contribution < -0.4 is 4.90 Å². The highest BCUT2D eigenvalue weighted by atomic mass is 35.5. The molecule has 0 atom stereocenters. The van der Waals surface area contributed by atoms with E-state index < -0.39 is 0 Å². The Balaban J connectivity index is 2.81. The third-order valence-corrected chi connectivity index (χ3v) is 2.32. The van der Waals surface area contributed by atoms with E-state index in [9.17, 15) is 4.79 Å². The Labute approximate surface area is 98.5 Å². The number of nitrogens with zero attached hydrogens (tertiary/aromatic N) is 1. The molecule has 1 rings (SSSR count). The van der Waals surface area contributed by atoms with E-state index >= 15 is 0 Å². The third-order valence-electron chi connectivity index (χ3n) is 1.88. The molecular weight excluding hydrogens is 237 g/mol. The number of carbonyl (C=O) groups excluding carboxylic acids is 1. The van der Waals surface area contributed by atoms with E-state index in [0.29, 0.717) is 10.0 Å². The van der Waals surface area contributed by atoms with E-state index in [1.54, 1.807) is 30.1 Å². The Morgan fingerprint density at radius 1 is 1.33 bits per heavy atom. The minimum absolute atomic E-state index is 0.160. The Kier molecular flexibility index (Phi) is 4.24. The lowest BCUT2D eigenvalue weighted by molar-refractivity contribution is -0.138. The maximum atomic E-state index is 11.0. The molecule has 0 aliphatic carbocycles. The van der Waals surface area contributed by atoms with Gasteiger partial charge in [-0.25, -0.2) is 0 Å². The van der Waals surface area contributed by atoms with Crippen LogP contribution in [-0.4, -0.2) is 26.7 Å². The summed E-state index contributed by atoms with van der Waals surface area (Å²) < 4.78 is 4.56. The largest absolute Gasteiger partial charge is 0.468 e. The molecule has 0 fully saturated rings. The Bertz CT molecular complexity index is 348. The van der Waals surface area contributed by atoms with Gasteiger partial charge in [0.1, 0.15) is 6.54 Å². The minimum atomic E-state index is -0.311. The molecular formula is C10H11Cl2NO2. The standard InChI is InChI=1S/C10H11Cl2NO2/c1-13(6-10(14)15-2)9-4-7(11)3-8(12)5-9/h3-5H,6H2,1-2H3. The van der Waals surface area contributed by atoms with E-state index in [2.05, 4.69) is 4.74 Å². The second-order valence-corrected chi connectivity index (χ2v) is 3.93. The zero-order valence-corrected chi connectivity index (χ0v) is 9.97. The summed E-state index contributed by atoms with van der Waals surface area (Å²) in [5.41, 5.74) is 0.776. The van der Waals surface area contributed by atoms with E-state index in [1.807, 2.05) is 0 Å². The first kappa shape index (κ1) is 12.1. The normalized spacial score (nSPS) is 9.87. The fourth-order valence-electron chi connectivity index (χ4n) is 1.11. The van der Waals surface area contributed by atoms with Crippen molar-refractivity contribution in [1.29, 1.82) is 0 Å². The van der Waals surface area contributed by atoms with E-state index in [0.717, 1.165) is 5.69 Å². The minimum Gasteiger partial charge on any atom is -0.468 e. The van der Waals surface area contributed by atoms with E-state index in [4.69, 9.17) is 23.2 Å². The summed E-state index contributed by atoms with van der Waals surface area (Å²) in [6.07, 6.45) is 0. The zero-order valence-electron chi connectivity index (χ0n) is 8.46. The summed E-state index contributed by atoms with van der Waals surface area (Å²) in [5, 5.41) is 1.07. The number of likely N-dealkylation sites (N-methyl/N-ethyl adjacent to an activating group) is 1. The molecule has 0 saturated heterocycles. The van der Waals surface area contributed by atoms with Gasteiger partial charge in [-0.1, -0.05) is 23.2 Å². The summed E-state index contributed by atoms with van der Waals surface area (Å²) in [6, 6.07) is 5.10. The number of rotatable bonds is 3. The number of hydrogen-bond acceptors (Lipinski definition) is 3. The van der Waals surface area contributed by atoms with Gasteiger partial charge in [0.05, 0.1) is 7.11 Å². The molecule has 0 aliphatic heterocycles. The Morgan fingerprint density at radius 3 is 2.33 bits per heavy atom. The van der Waals surface area contributed by atoms with Gasteiger partial charge in [-0.3, -0.25) is 4.79 Å². The van der Waals surface area contributed by atoms with Crippen LogP contribution in [0.5, 0.6) is 0 Å². The van der Waals surface area contributed by atoms with E-state index in [-0.39, 0.29) is 12.5 Å². The number of methoxy groups -OCH3 is 1. The summed E-state index contributed by atoms with van der Waals surface area (Å²) >= 11 is 11.7. The molecule has 0 spiro atoms. The summed E-state index contributed by atoms with van der Waals surface area (Å²) in [6.45, 7) is 0.160. The van der Waals surface area contributed by atoms with Crippen molar-refractivity contribution in [3.63, 3.8) is 0 Å². The van der Waals surface area contributed by atoms with Gasteiger partial charge in [-0.15, -0.1) is 0 Å². The van der Waals surface area contributed by atoms with Crippen LogP contribution >= 0.6 is 23.2 Å². The molecule has 82 valence electrons. The number of carbonyl (C=O) groups is 1. The van der Waals surface area contributed by atoms with Gasteiger partial charge >= 0.3 is 5.97 Å². The predicted octanol–water partition coefficient (Wildman–Crippen LogP) is 2.60. The molecule has 1 aromatic rings. The molecule has 5 heteroatoms. The first-order valence-corrected chi connectivity index (χ1v) is 5.02. The monoisotopic (exact) mass is 247 g/mol. The van der Waals surface area contributed by atoms with Crippen molar-refractivity contribution < 1.29 is 9.53 Å². The average molecular weight is 248 g/mol. The molecule has 0 aliphatic rings. The lowest BCUT2D eigenvalue weighted by Gasteiger charge is -2.18. The molecule has 0 unspecified atom stereocenters. The molecule has 0 amide bonds. The van der Waals surface area contributed by atoms with E-state index in [1.165, 1.54) is 7.11 Å². The topological polar surface area (TPSA) is 29.5 Å². The van der Waals surface area contributed by atoms with Crippen LogP contribution in [0.15, 0.2) is 18.2 Å². The smallest absolute Gasteiger partial charge is 0.325 e. The van der Waals surface area contributed by atoms with Gasteiger partial charge in [-0.2, -0.15) is 0 Å². The number of halogens is 2. The first-order valence-electron chi connectivity index (χ1n) is 4.27. The molecule has 0 aromatic heterocycles. The third kappa shape index (κ3) is 3.61. The summed E-state index contributed by atoms with van der Waals surface area (Å²) in [7, 11) is 3.11. The highest BCUT2D eigenvalue weighted by molar-refractivity contribution is 6.35. The fourth-order valence-corrected chi connectivity index (χ4v) is 1.62. The number of esters is 1. The molecule has 1 aromatic carbocycles. The highest BCUT2D eigenvalue weighted by Gasteiger charge is 2.08. The SMILES string of the molecule is COC(=O)CN(C)c1cc(Cl)cc(Cl)c1. The lowest BCUT2D eigenvalue weighted by atomic mass is 10.3. The number of hydrogen-bond donors (Lipinski definition) is 0. The lowest BCUT2D eigenvalue weighted by Crippen LogP contribution is -2.26. The van der Waals surface area contributed by atoms with Crippen molar-refractivity contribution >= 4 is 34.9 Å². The van der Waals surface area contributed by atoms with Crippen LogP contribution in [0.2, 0.25) is 10.0 Å². The van der Waals surface area contributed by atoms with Gasteiger partial charge < -0.3 is 9.64 Å². The Morgan fingerprint density at radius 2 is 1.87 bits per heavy atom. The van der Waals surface area contributed by atoms with Crippen molar-refractivity contribution in [3.8, 4) is 0 Å². The van der Waals surface area contributed by atoms with Crippen LogP contribution in [0, 0.1) is 0 Å². The van der Waals surface area contributed by atoms with Crippen LogP contribution in [0.3, 0.4) is 0 Å². The van der Waals surface area contributed by atoms with Crippen LogP contribution in [0.4, 0.5) is 5.69 Å². The summed E-state index contributed by atoms with van der Waals surface area (Å²) in [5.74, 6) is -0.311. The van der Waals surface area contributed by atoms with Crippen LogP contribution in [-0.2, 0) is 9.53 Å². The molecule has 0 heterocycles. The summed E-state index contributed by atoms with van der Waals surface area (Å²) in [4.78, 5) is 12.7. The van der Waals surface area contributed by atoms with Crippen molar-refractivity contribution in [3.05, 3.63) is 28.2 Å². The molecule has 0 saturated carbocycles. The first-order chi connectivity index (χ1) is 7.02. The molecule has 15 heavy (non-hydrogen) atoms. The second kappa shape index (κ2) is 5.24. The number of benzene rings is 1. The quantitative estimate of drug-likeness (QED) is 0.770. The van der Waals surface area contributed by atoms with Gasteiger partial charge in [-0.05, 0) is 18.2 Å². The molecule has 0 bridgehead atoms. The van der Waals surface area contributed by atoms with Crippen molar-refractivity contribution in [2.45, 2.75) is 0 Å². The predicted molar refractivity (Wildman–Crippen MR) is 61.7 cm³/mol. The van der Waals surface area contributed by atoms with Gasteiger partial charge in [0.25, 0.3) is 0 Å². The maximum absolute atomic E-state index is 11.0. The van der Waals surface area contributed by atoms with Crippen LogP contribution in [0.1, 0.15) is 0 Å². The maximum Gasteiger partial charge on any atom is 0.325 e. The van der Waals surface area contributed by atoms with Crippen molar-refractivity contribution in [1.82, 2.24) is 0 Å². The molecule has 3 nitrogen and oxygen atoms in total. The average Bonchev–Trinajstić information content (AvgIpc) is 2.16. The number of ether oxygens (including phenoxy) is 1. The molecule has 0 radical (unpaired) electrons. The second-order valence-electron chi connectivity index (χ2n) is 3.06. The zero-order chi connectivity index (χ0) is 11.4. The van der Waals surface area contributed by atoms with Crippen molar-refractivity contribution in [2.24, 2.45) is 0 Å². The Hall–Kier alpha value is -0.930.